The lowest BCUT2D eigenvalue weighted by atomic mass is 9.95. The molecule has 35 heavy (non-hydrogen) atoms. The van der Waals surface area contributed by atoms with Crippen LogP contribution in [0.2, 0.25) is 0 Å². The number of benzene rings is 2. The zero-order valence-corrected chi connectivity index (χ0v) is 20.5. The highest BCUT2D eigenvalue weighted by molar-refractivity contribution is 5.98. The predicted molar refractivity (Wildman–Crippen MR) is 137 cm³/mol. The van der Waals surface area contributed by atoms with Crippen LogP contribution >= 0.6 is 0 Å². The van der Waals surface area contributed by atoms with Crippen LogP contribution < -0.4 is 16.0 Å². The Bertz CT molecular complexity index is 1010. The van der Waals surface area contributed by atoms with Crippen LogP contribution in [0, 0.1) is 0 Å². The fraction of sp³-hybridized carbons (Fsp3) is 0.464. The number of nitrogens with zero attached hydrogens (tertiary/aromatic N) is 1. The van der Waals surface area contributed by atoms with E-state index < -0.39 is 6.04 Å². The third-order valence-electron chi connectivity index (χ3n) is 7.07. The maximum atomic E-state index is 13.5. The van der Waals surface area contributed by atoms with Crippen LogP contribution in [0.5, 0.6) is 0 Å². The van der Waals surface area contributed by atoms with E-state index in [0.717, 1.165) is 31.2 Å². The lowest BCUT2D eigenvalue weighted by Crippen LogP contribution is -2.51. The summed E-state index contributed by atoms with van der Waals surface area (Å²) in [5, 5.41) is 9.28. The highest BCUT2D eigenvalue weighted by Gasteiger charge is 2.32. The van der Waals surface area contributed by atoms with Gasteiger partial charge in [-0.25, -0.2) is 4.79 Å². The van der Waals surface area contributed by atoms with E-state index in [1.807, 2.05) is 30.3 Å². The Labute approximate surface area is 207 Å². The number of amides is 3. The zero-order valence-electron chi connectivity index (χ0n) is 20.5. The summed E-state index contributed by atoms with van der Waals surface area (Å²) in [5.41, 5.74) is 2.10. The molecule has 1 unspecified atom stereocenters. The number of ketones is 1. The first-order valence-corrected chi connectivity index (χ1v) is 12.8. The molecule has 186 valence electrons. The number of Topliss-reactive ketones (excluding diaryl/α,β-unsaturated/α-hetero) is 1. The van der Waals surface area contributed by atoms with Crippen LogP contribution in [0.3, 0.4) is 0 Å². The van der Waals surface area contributed by atoms with Gasteiger partial charge in [-0.05, 0) is 50.3 Å². The summed E-state index contributed by atoms with van der Waals surface area (Å²) in [6.07, 6.45) is 7.33. The van der Waals surface area contributed by atoms with Crippen molar-refractivity contribution in [1.29, 1.82) is 0 Å². The number of likely N-dealkylation sites (tertiary alicyclic amines) is 1. The number of hydrogen-bond donors (Lipinski definition) is 3. The van der Waals surface area contributed by atoms with Gasteiger partial charge in [0.05, 0.1) is 0 Å². The van der Waals surface area contributed by atoms with Crippen molar-refractivity contribution < 1.29 is 14.4 Å². The van der Waals surface area contributed by atoms with E-state index in [0.29, 0.717) is 24.3 Å². The molecule has 7 heteroatoms. The minimum Gasteiger partial charge on any atom is -0.335 e. The van der Waals surface area contributed by atoms with E-state index in [4.69, 9.17) is 0 Å². The summed E-state index contributed by atoms with van der Waals surface area (Å²) < 4.78 is 0. The quantitative estimate of drug-likeness (QED) is 0.507. The van der Waals surface area contributed by atoms with Gasteiger partial charge in [-0.1, -0.05) is 61.7 Å². The van der Waals surface area contributed by atoms with Crippen molar-refractivity contribution in [2.75, 3.05) is 18.4 Å². The summed E-state index contributed by atoms with van der Waals surface area (Å²) >= 11 is 0. The molecule has 1 saturated heterocycles. The molecule has 1 heterocycles. The molecule has 0 bridgehead atoms. The zero-order chi connectivity index (χ0) is 24.6. The number of carbonyl (C=O) groups is 3. The average molecular weight is 477 g/mol. The molecule has 2 aromatic rings. The van der Waals surface area contributed by atoms with Gasteiger partial charge in [-0.2, -0.15) is 0 Å². The molecule has 1 aliphatic heterocycles. The summed E-state index contributed by atoms with van der Waals surface area (Å²) in [5.74, 6) is -0.166. The molecule has 1 aliphatic carbocycles. The van der Waals surface area contributed by atoms with E-state index in [1.165, 1.54) is 26.2 Å². The maximum absolute atomic E-state index is 13.5. The van der Waals surface area contributed by atoms with E-state index >= 15 is 0 Å². The van der Waals surface area contributed by atoms with Crippen molar-refractivity contribution in [3.8, 4) is 0 Å². The molecule has 2 aliphatic rings. The molecule has 2 fully saturated rings. The molecule has 2 aromatic carbocycles. The van der Waals surface area contributed by atoms with Gasteiger partial charge in [0.1, 0.15) is 6.04 Å². The number of anilines is 1. The summed E-state index contributed by atoms with van der Waals surface area (Å²) in [7, 11) is 0. The maximum Gasteiger partial charge on any atom is 0.315 e. The normalized spacial score (nSPS) is 18.4. The Morgan fingerprint density at radius 3 is 2.14 bits per heavy atom. The Kier molecular flexibility index (Phi) is 8.53. The van der Waals surface area contributed by atoms with E-state index in [2.05, 4.69) is 20.9 Å². The Balaban J connectivity index is 1.38. The number of piperidine rings is 1. The number of hydrogen-bond acceptors (Lipinski definition) is 4. The van der Waals surface area contributed by atoms with Gasteiger partial charge in [-0.15, -0.1) is 0 Å². The summed E-state index contributed by atoms with van der Waals surface area (Å²) in [6.45, 7) is 2.92. The summed E-state index contributed by atoms with van der Waals surface area (Å²) in [6, 6.07) is 16.7. The van der Waals surface area contributed by atoms with Gasteiger partial charge in [0.2, 0.25) is 5.91 Å². The Morgan fingerprint density at radius 2 is 1.49 bits per heavy atom. The molecule has 3 amide bonds. The van der Waals surface area contributed by atoms with E-state index in [-0.39, 0.29) is 29.8 Å². The van der Waals surface area contributed by atoms with Gasteiger partial charge in [0.15, 0.2) is 5.78 Å². The van der Waals surface area contributed by atoms with Gasteiger partial charge < -0.3 is 16.0 Å². The smallest absolute Gasteiger partial charge is 0.315 e. The molecule has 0 aromatic heterocycles. The molecule has 1 atom stereocenters. The first-order chi connectivity index (χ1) is 17.0. The average Bonchev–Trinajstić information content (AvgIpc) is 2.86. The first kappa shape index (κ1) is 24.9. The highest BCUT2D eigenvalue weighted by atomic mass is 16.2. The monoisotopic (exact) mass is 476 g/mol. The first-order valence-electron chi connectivity index (χ1n) is 12.8. The van der Waals surface area contributed by atoms with Crippen LogP contribution in [0.25, 0.3) is 0 Å². The van der Waals surface area contributed by atoms with E-state index in [9.17, 15) is 14.4 Å². The van der Waals surface area contributed by atoms with Crippen molar-refractivity contribution in [1.82, 2.24) is 15.5 Å². The molecule has 1 saturated carbocycles. The van der Waals surface area contributed by atoms with Gasteiger partial charge in [-0.3, -0.25) is 14.5 Å². The lowest BCUT2D eigenvalue weighted by molar-refractivity contribution is -0.122. The fourth-order valence-electron chi connectivity index (χ4n) is 5.15. The van der Waals surface area contributed by atoms with Crippen molar-refractivity contribution in [2.24, 2.45) is 0 Å². The van der Waals surface area contributed by atoms with Crippen molar-refractivity contribution >= 4 is 23.4 Å². The second-order valence-corrected chi connectivity index (χ2v) is 9.70. The minimum atomic E-state index is -0.450. The van der Waals surface area contributed by atoms with Gasteiger partial charge in [0.25, 0.3) is 0 Å². The molecule has 0 radical (unpaired) electrons. The topological polar surface area (TPSA) is 90.5 Å². The van der Waals surface area contributed by atoms with Crippen LogP contribution in [-0.2, 0) is 4.79 Å². The largest absolute Gasteiger partial charge is 0.335 e. The van der Waals surface area contributed by atoms with Crippen molar-refractivity contribution in [3.63, 3.8) is 0 Å². The molecule has 0 spiro atoms. The molecule has 4 rings (SSSR count). The van der Waals surface area contributed by atoms with Crippen LogP contribution in [-0.4, -0.2) is 47.8 Å². The third kappa shape index (κ3) is 6.92. The van der Waals surface area contributed by atoms with Gasteiger partial charge >= 0.3 is 6.03 Å². The van der Waals surface area contributed by atoms with Crippen molar-refractivity contribution in [3.05, 3.63) is 65.7 Å². The number of rotatable bonds is 7. The van der Waals surface area contributed by atoms with E-state index in [1.54, 1.807) is 24.3 Å². The second-order valence-electron chi connectivity index (χ2n) is 9.70. The van der Waals surface area contributed by atoms with Crippen LogP contribution in [0.15, 0.2) is 54.6 Å². The minimum absolute atomic E-state index is 0.0391. The SMILES string of the molecule is CC(=O)c1cccc(NC(=O)C(c2ccccc2)N2CCC(NC(=O)NC3CCCCC3)CC2)c1. The van der Waals surface area contributed by atoms with Crippen LogP contribution in [0.1, 0.15) is 73.8 Å². The Morgan fingerprint density at radius 1 is 0.829 bits per heavy atom. The number of carbonyl (C=O) groups excluding carboxylic acids is 3. The third-order valence-corrected chi connectivity index (χ3v) is 7.07. The summed E-state index contributed by atoms with van der Waals surface area (Å²) in [4.78, 5) is 39.9. The van der Waals surface area contributed by atoms with Crippen molar-refractivity contribution in [2.45, 2.75) is 70.0 Å². The van der Waals surface area contributed by atoms with Crippen LogP contribution in [0.4, 0.5) is 10.5 Å². The predicted octanol–water partition coefficient (Wildman–Crippen LogP) is 4.67. The second kappa shape index (κ2) is 12.0. The molecular formula is C28H36N4O3. The Hall–Kier alpha value is -3.19. The van der Waals surface area contributed by atoms with Gasteiger partial charge in [0, 0.05) is 36.4 Å². The standard InChI is InChI=1S/C28H36N4O3/c1-20(33)22-11-8-14-25(19-22)29-27(34)26(21-9-4-2-5-10-21)32-17-15-24(16-18-32)31-28(35)30-23-12-6-3-7-13-23/h2,4-5,8-11,14,19,23-24,26H,3,6-7,12-13,15-18H2,1H3,(H,29,34)(H2,30,31,35). The fourth-order valence-corrected chi connectivity index (χ4v) is 5.15. The number of nitrogens with one attached hydrogen (secondary N) is 3. The highest BCUT2D eigenvalue weighted by Crippen LogP contribution is 2.27. The lowest BCUT2D eigenvalue weighted by Gasteiger charge is -2.37. The number of urea groups is 1. The molecular weight excluding hydrogens is 440 g/mol. The molecule has 7 nitrogen and oxygen atoms in total. The molecule has 3 N–H and O–H groups in total.